The van der Waals surface area contributed by atoms with E-state index in [1.807, 2.05) is 30.3 Å². The Hall–Kier alpha value is -2.47. The van der Waals surface area contributed by atoms with Crippen LogP contribution in [0.25, 0.3) is 6.08 Å². The fourth-order valence-electron chi connectivity index (χ4n) is 2.27. The number of hydrogen-bond acceptors (Lipinski definition) is 4. The van der Waals surface area contributed by atoms with Gasteiger partial charge in [-0.05, 0) is 18.1 Å². The van der Waals surface area contributed by atoms with Crippen LogP contribution in [0.1, 0.15) is 31.7 Å². The fourth-order valence-corrected chi connectivity index (χ4v) is 2.82. The van der Waals surface area contributed by atoms with E-state index in [1.165, 1.54) is 17.4 Å². The molecule has 0 spiro atoms. The number of nitrogens with one attached hydrogen (secondary N) is 1. The Kier molecular flexibility index (Phi) is 7.85. The van der Waals surface area contributed by atoms with Gasteiger partial charge in [-0.3, -0.25) is 9.59 Å². The van der Waals surface area contributed by atoms with Crippen molar-refractivity contribution in [2.75, 3.05) is 18.4 Å². The van der Waals surface area contributed by atoms with Crippen molar-refractivity contribution in [3.63, 3.8) is 0 Å². The Morgan fingerprint density at radius 3 is 2.72 bits per heavy atom. The molecule has 5 nitrogen and oxygen atoms in total. The first kappa shape index (κ1) is 18.9. The zero-order valence-corrected chi connectivity index (χ0v) is 15.2. The quantitative estimate of drug-likeness (QED) is 0.548. The lowest BCUT2D eigenvalue weighted by molar-refractivity contribution is -0.130. The molecule has 0 unspecified atom stereocenters. The average molecular weight is 357 g/mol. The second kappa shape index (κ2) is 10.4. The summed E-state index contributed by atoms with van der Waals surface area (Å²) < 4.78 is 0. The van der Waals surface area contributed by atoms with Gasteiger partial charge in [0.15, 0.2) is 5.13 Å². The summed E-state index contributed by atoms with van der Waals surface area (Å²) in [7, 11) is 0. The SMILES string of the molecule is CCCCCN(CC(=O)Nc1nccs1)C(=O)/C=C/c1ccccc1. The van der Waals surface area contributed by atoms with Crippen LogP contribution in [0, 0.1) is 0 Å². The Morgan fingerprint density at radius 2 is 2.04 bits per heavy atom. The zero-order chi connectivity index (χ0) is 17.9. The smallest absolute Gasteiger partial charge is 0.247 e. The molecule has 2 rings (SSSR count). The van der Waals surface area contributed by atoms with Gasteiger partial charge in [-0.15, -0.1) is 11.3 Å². The number of aromatic nitrogens is 1. The number of carbonyl (C=O) groups is 2. The molecule has 1 heterocycles. The lowest BCUT2D eigenvalue weighted by atomic mass is 10.2. The number of hydrogen-bond donors (Lipinski definition) is 1. The van der Waals surface area contributed by atoms with E-state index in [9.17, 15) is 9.59 Å². The summed E-state index contributed by atoms with van der Waals surface area (Å²) >= 11 is 1.36. The number of unbranched alkanes of at least 4 members (excludes halogenated alkanes) is 2. The highest BCUT2D eigenvalue weighted by atomic mass is 32.1. The third-order valence-corrected chi connectivity index (χ3v) is 4.26. The van der Waals surface area contributed by atoms with Crippen LogP contribution in [0.2, 0.25) is 0 Å². The summed E-state index contributed by atoms with van der Waals surface area (Å²) in [5, 5.41) is 5.06. The summed E-state index contributed by atoms with van der Waals surface area (Å²) in [5.74, 6) is -0.387. The molecule has 2 amide bonds. The molecule has 0 saturated carbocycles. The van der Waals surface area contributed by atoms with Crippen molar-refractivity contribution in [2.24, 2.45) is 0 Å². The fraction of sp³-hybridized carbons (Fsp3) is 0.316. The summed E-state index contributed by atoms with van der Waals surface area (Å²) in [4.78, 5) is 30.3. The summed E-state index contributed by atoms with van der Waals surface area (Å²) in [6, 6.07) is 9.63. The summed E-state index contributed by atoms with van der Waals surface area (Å²) in [6.45, 7) is 2.70. The Labute approximate surface area is 152 Å². The molecule has 1 N–H and O–H groups in total. The van der Waals surface area contributed by atoms with E-state index < -0.39 is 0 Å². The van der Waals surface area contributed by atoms with Gasteiger partial charge >= 0.3 is 0 Å². The van der Waals surface area contributed by atoms with Crippen LogP contribution in [0.3, 0.4) is 0 Å². The van der Waals surface area contributed by atoms with Gasteiger partial charge in [0.1, 0.15) is 6.54 Å². The topological polar surface area (TPSA) is 62.3 Å². The van der Waals surface area contributed by atoms with Gasteiger partial charge in [-0.1, -0.05) is 50.1 Å². The number of anilines is 1. The van der Waals surface area contributed by atoms with E-state index in [0.29, 0.717) is 11.7 Å². The molecule has 2 aromatic rings. The van der Waals surface area contributed by atoms with Gasteiger partial charge in [0.05, 0.1) is 0 Å². The number of nitrogens with zero attached hydrogens (tertiary/aromatic N) is 2. The number of benzene rings is 1. The summed E-state index contributed by atoms with van der Waals surface area (Å²) in [5.41, 5.74) is 0.955. The van der Waals surface area contributed by atoms with Crippen LogP contribution in [0.4, 0.5) is 5.13 Å². The highest BCUT2D eigenvalue weighted by molar-refractivity contribution is 7.13. The van der Waals surface area contributed by atoms with E-state index >= 15 is 0 Å². The van der Waals surface area contributed by atoms with Crippen molar-refractivity contribution in [2.45, 2.75) is 26.2 Å². The van der Waals surface area contributed by atoms with Crippen molar-refractivity contribution in [3.05, 3.63) is 53.5 Å². The van der Waals surface area contributed by atoms with Gasteiger partial charge in [0.25, 0.3) is 0 Å². The molecule has 0 atom stereocenters. The monoisotopic (exact) mass is 357 g/mol. The van der Waals surface area contributed by atoms with Crippen molar-refractivity contribution >= 4 is 34.4 Å². The van der Waals surface area contributed by atoms with Crippen LogP contribution >= 0.6 is 11.3 Å². The van der Waals surface area contributed by atoms with Crippen molar-refractivity contribution in [1.82, 2.24) is 9.88 Å². The van der Waals surface area contributed by atoms with Gasteiger partial charge in [-0.25, -0.2) is 4.98 Å². The van der Waals surface area contributed by atoms with Crippen LogP contribution in [0.5, 0.6) is 0 Å². The van der Waals surface area contributed by atoms with Crippen LogP contribution in [-0.2, 0) is 9.59 Å². The minimum absolute atomic E-state index is 0.0290. The predicted octanol–water partition coefficient (Wildman–Crippen LogP) is 3.81. The number of amides is 2. The molecule has 1 aromatic carbocycles. The van der Waals surface area contributed by atoms with E-state index in [1.54, 1.807) is 22.6 Å². The van der Waals surface area contributed by atoms with Crippen LogP contribution in [0.15, 0.2) is 48.0 Å². The van der Waals surface area contributed by atoms with E-state index in [2.05, 4.69) is 17.2 Å². The molecule has 6 heteroatoms. The number of rotatable bonds is 9. The molecule has 0 aliphatic rings. The molecular formula is C19H23N3O2S. The minimum atomic E-state index is -0.229. The Morgan fingerprint density at radius 1 is 1.24 bits per heavy atom. The first-order chi connectivity index (χ1) is 12.2. The van der Waals surface area contributed by atoms with Gasteiger partial charge < -0.3 is 10.2 Å². The molecule has 0 aliphatic carbocycles. The standard InChI is InChI=1S/C19H23N3O2S/c1-2-3-7-13-22(15-17(23)21-19-20-12-14-25-19)18(24)11-10-16-8-5-4-6-9-16/h4-6,8-12,14H,2-3,7,13,15H2,1H3,(H,20,21,23)/b11-10+. The third-order valence-electron chi connectivity index (χ3n) is 3.57. The molecule has 25 heavy (non-hydrogen) atoms. The first-order valence-electron chi connectivity index (χ1n) is 8.40. The second-order valence-corrected chi connectivity index (χ2v) is 6.49. The second-order valence-electron chi connectivity index (χ2n) is 5.60. The maximum Gasteiger partial charge on any atom is 0.247 e. The van der Waals surface area contributed by atoms with Crippen LogP contribution in [-0.4, -0.2) is 34.8 Å². The largest absolute Gasteiger partial charge is 0.330 e. The molecule has 0 bridgehead atoms. The molecular weight excluding hydrogens is 334 g/mol. The van der Waals surface area contributed by atoms with E-state index in [4.69, 9.17) is 0 Å². The first-order valence-corrected chi connectivity index (χ1v) is 9.28. The lowest BCUT2D eigenvalue weighted by Gasteiger charge is -2.20. The zero-order valence-electron chi connectivity index (χ0n) is 14.4. The molecule has 1 aromatic heterocycles. The Balaban J connectivity index is 1.96. The maximum absolute atomic E-state index is 12.5. The number of carbonyl (C=O) groups excluding carboxylic acids is 2. The van der Waals surface area contributed by atoms with Gasteiger partial charge in [0, 0.05) is 24.2 Å². The molecule has 0 saturated heterocycles. The van der Waals surface area contributed by atoms with Crippen molar-refractivity contribution in [1.29, 1.82) is 0 Å². The van der Waals surface area contributed by atoms with Crippen LogP contribution < -0.4 is 5.32 Å². The van der Waals surface area contributed by atoms with E-state index in [-0.39, 0.29) is 18.4 Å². The van der Waals surface area contributed by atoms with Crippen molar-refractivity contribution in [3.8, 4) is 0 Å². The highest BCUT2D eigenvalue weighted by Crippen LogP contribution is 2.10. The molecule has 0 fully saturated rings. The minimum Gasteiger partial charge on any atom is -0.330 e. The van der Waals surface area contributed by atoms with Crippen molar-refractivity contribution < 1.29 is 9.59 Å². The molecule has 0 aliphatic heterocycles. The number of thiazole rings is 1. The Bertz CT molecular complexity index is 684. The van der Waals surface area contributed by atoms with Gasteiger partial charge in [-0.2, -0.15) is 0 Å². The summed E-state index contributed by atoms with van der Waals surface area (Å²) in [6.07, 6.45) is 7.90. The van der Waals surface area contributed by atoms with E-state index in [0.717, 1.165) is 24.8 Å². The third kappa shape index (κ3) is 6.89. The highest BCUT2D eigenvalue weighted by Gasteiger charge is 2.15. The lowest BCUT2D eigenvalue weighted by Crippen LogP contribution is -2.37. The average Bonchev–Trinajstić information content (AvgIpc) is 3.12. The molecule has 0 radical (unpaired) electrons. The normalized spacial score (nSPS) is 10.8. The molecule has 132 valence electrons. The maximum atomic E-state index is 12.5. The predicted molar refractivity (Wildman–Crippen MR) is 102 cm³/mol. The van der Waals surface area contributed by atoms with Gasteiger partial charge in [0.2, 0.25) is 11.8 Å².